The summed E-state index contributed by atoms with van der Waals surface area (Å²) in [5.41, 5.74) is 1.21. The Morgan fingerprint density at radius 2 is 2.00 bits per heavy atom. The third kappa shape index (κ3) is 2.55. The second-order valence-electron chi connectivity index (χ2n) is 5.20. The first-order valence-corrected chi connectivity index (χ1v) is 7.33. The summed E-state index contributed by atoms with van der Waals surface area (Å²) >= 11 is 0. The predicted octanol–water partition coefficient (Wildman–Crippen LogP) is 3.23. The van der Waals surface area contributed by atoms with Gasteiger partial charge in [-0.2, -0.15) is 0 Å². The molecule has 3 heteroatoms. The number of likely N-dealkylation sites (N-methyl/N-ethyl adjacent to an activating group) is 1. The molecule has 2 heterocycles. The Hall–Kier alpha value is -1.64. The standard InChI is InChI=1S/C16H22N2O/c1-2-18-14-8-4-5-9-15(14)19-16(18)10-13-17-11-6-3-7-12-17/h4-5,8-10,13,16H,2-3,6-7,11-12H2,1H3/b13-10+. The summed E-state index contributed by atoms with van der Waals surface area (Å²) in [5, 5.41) is 0. The van der Waals surface area contributed by atoms with E-state index in [1.54, 1.807) is 0 Å². The molecule has 1 aromatic rings. The van der Waals surface area contributed by atoms with E-state index in [9.17, 15) is 0 Å². The number of fused-ring (bicyclic) bond motifs is 1. The van der Waals surface area contributed by atoms with Gasteiger partial charge in [0, 0.05) is 25.8 Å². The molecule has 3 nitrogen and oxygen atoms in total. The van der Waals surface area contributed by atoms with E-state index in [0.29, 0.717) is 0 Å². The van der Waals surface area contributed by atoms with Crippen LogP contribution in [0.25, 0.3) is 0 Å². The van der Waals surface area contributed by atoms with E-state index in [1.165, 1.54) is 38.0 Å². The minimum absolute atomic E-state index is 0.0457. The van der Waals surface area contributed by atoms with Crippen LogP contribution in [0, 0.1) is 0 Å². The summed E-state index contributed by atoms with van der Waals surface area (Å²) in [6.45, 7) is 5.50. The van der Waals surface area contributed by atoms with Crippen molar-refractivity contribution in [3.63, 3.8) is 0 Å². The summed E-state index contributed by atoms with van der Waals surface area (Å²) < 4.78 is 6.01. The van der Waals surface area contributed by atoms with Gasteiger partial charge < -0.3 is 14.5 Å². The average Bonchev–Trinajstić information content (AvgIpc) is 2.83. The van der Waals surface area contributed by atoms with E-state index in [4.69, 9.17) is 4.74 Å². The lowest BCUT2D eigenvalue weighted by molar-refractivity contribution is 0.264. The smallest absolute Gasteiger partial charge is 0.193 e. The number of anilines is 1. The molecule has 0 bridgehead atoms. The fourth-order valence-corrected chi connectivity index (χ4v) is 2.88. The molecule has 0 radical (unpaired) electrons. The maximum Gasteiger partial charge on any atom is 0.193 e. The third-order valence-electron chi connectivity index (χ3n) is 3.92. The first-order chi connectivity index (χ1) is 9.38. The number of nitrogens with zero attached hydrogens (tertiary/aromatic N) is 2. The first kappa shape index (κ1) is 12.4. The molecular formula is C16H22N2O. The number of rotatable bonds is 3. The normalized spacial score (nSPS) is 22.7. The Labute approximate surface area is 115 Å². The monoisotopic (exact) mass is 258 g/mol. The van der Waals surface area contributed by atoms with Crippen LogP contribution >= 0.6 is 0 Å². The van der Waals surface area contributed by atoms with Gasteiger partial charge in [0.2, 0.25) is 0 Å². The van der Waals surface area contributed by atoms with E-state index in [1.807, 2.05) is 12.1 Å². The topological polar surface area (TPSA) is 15.7 Å². The van der Waals surface area contributed by atoms with Crippen LogP contribution in [0.4, 0.5) is 5.69 Å². The summed E-state index contributed by atoms with van der Waals surface area (Å²) in [6, 6.07) is 8.28. The lowest BCUT2D eigenvalue weighted by Crippen LogP contribution is -2.33. The number of benzene rings is 1. The number of likely N-dealkylation sites (tertiary alicyclic amines) is 1. The van der Waals surface area contributed by atoms with Crippen LogP contribution in [-0.2, 0) is 0 Å². The van der Waals surface area contributed by atoms with Gasteiger partial charge in [-0.3, -0.25) is 0 Å². The van der Waals surface area contributed by atoms with Gasteiger partial charge in [-0.25, -0.2) is 0 Å². The van der Waals surface area contributed by atoms with Crippen LogP contribution in [0.15, 0.2) is 36.5 Å². The van der Waals surface area contributed by atoms with Gasteiger partial charge in [-0.1, -0.05) is 12.1 Å². The number of para-hydroxylation sites is 2. The van der Waals surface area contributed by atoms with Crippen LogP contribution in [0.3, 0.4) is 0 Å². The van der Waals surface area contributed by atoms with Crippen molar-refractivity contribution in [1.29, 1.82) is 0 Å². The zero-order valence-electron chi connectivity index (χ0n) is 11.6. The van der Waals surface area contributed by atoms with Gasteiger partial charge in [0.15, 0.2) is 6.23 Å². The molecule has 0 amide bonds. The van der Waals surface area contributed by atoms with Gasteiger partial charge >= 0.3 is 0 Å². The highest BCUT2D eigenvalue weighted by molar-refractivity contribution is 5.62. The minimum atomic E-state index is 0.0457. The van der Waals surface area contributed by atoms with Gasteiger partial charge in [-0.15, -0.1) is 0 Å². The molecule has 0 aromatic heterocycles. The fourth-order valence-electron chi connectivity index (χ4n) is 2.88. The molecule has 19 heavy (non-hydrogen) atoms. The Bertz CT molecular complexity index is 452. The van der Waals surface area contributed by atoms with Crippen molar-refractivity contribution < 1.29 is 4.74 Å². The molecule has 1 unspecified atom stereocenters. The molecule has 1 saturated heterocycles. The van der Waals surface area contributed by atoms with Gasteiger partial charge in [0.25, 0.3) is 0 Å². The quantitative estimate of drug-likeness (QED) is 0.828. The zero-order valence-corrected chi connectivity index (χ0v) is 11.6. The van der Waals surface area contributed by atoms with E-state index >= 15 is 0 Å². The number of hydrogen-bond donors (Lipinski definition) is 0. The molecular weight excluding hydrogens is 236 g/mol. The fraction of sp³-hybridized carbons (Fsp3) is 0.500. The molecule has 1 atom stereocenters. The van der Waals surface area contributed by atoms with Crippen LogP contribution in [0.1, 0.15) is 26.2 Å². The summed E-state index contributed by atoms with van der Waals surface area (Å²) in [4.78, 5) is 4.71. The highest BCUT2D eigenvalue weighted by atomic mass is 16.5. The Morgan fingerprint density at radius 3 is 2.79 bits per heavy atom. The van der Waals surface area contributed by atoms with E-state index in [-0.39, 0.29) is 6.23 Å². The Kier molecular flexibility index (Phi) is 3.62. The maximum absolute atomic E-state index is 6.01. The van der Waals surface area contributed by atoms with Crippen molar-refractivity contribution in [2.75, 3.05) is 24.5 Å². The van der Waals surface area contributed by atoms with Crippen molar-refractivity contribution >= 4 is 5.69 Å². The van der Waals surface area contributed by atoms with E-state index in [2.05, 4.69) is 41.1 Å². The van der Waals surface area contributed by atoms with Crippen molar-refractivity contribution in [1.82, 2.24) is 4.90 Å². The summed E-state index contributed by atoms with van der Waals surface area (Å²) in [6.07, 6.45) is 8.45. The number of piperidine rings is 1. The van der Waals surface area contributed by atoms with Crippen LogP contribution < -0.4 is 9.64 Å². The lowest BCUT2D eigenvalue weighted by Gasteiger charge is -2.26. The first-order valence-electron chi connectivity index (χ1n) is 7.33. The highest BCUT2D eigenvalue weighted by Gasteiger charge is 2.27. The number of hydrogen-bond acceptors (Lipinski definition) is 3. The maximum atomic E-state index is 6.01. The van der Waals surface area contributed by atoms with E-state index < -0.39 is 0 Å². The average molecular weight is 258 g/mol. The predicted molar refractivity (Wildman–Crippen MR) is 78.4 cm³/mol. The molecule has 102 valence electrons. The molecule has 3 rings (SSSR count). The molecule has 1 fully saturated rings. The molecule has 2 aliphatic heterocycles. The molecule has 2 aliphatic rings. The van der Waals surface area contributed by atoms with Crippen LogP contribution in [0.2, 0.25) is 0 Å². The Morgan fingerprint density at radius 1 is 1.21 bits per heavy atom. The van der Waals surface area contributed by atoms with Crippen LogP contribution in [-0.4, -0.2) is 30.8 Å². The third-order valence-corrected chi connectivity index (χ3v) is 3.92. The zero-order chi connectivity index (χ0) is 13.1. The second-order valence-corrected chi connectivity index (χ2v) is 5.20. The Balaban J connectivity index is 1.70. The summed E-state index contributed by atoms with van der Waals surface area (Å²) in [7, 11) is 0. The van der Waals surface area contributed by atoms with Crippen molar-refractivity contribution in [3.05, 3.63) is 36.5 Å². The molecule has 0 spiro atoms. The lowest BCUT2D eigenvalue weighted by atomic mass is 10.1. The molecule has 0 saturated carbocycles. The van der Waals surface area contributed by atoms with Crippen LogP contribution in [0.5, 0.6) is 5.75 Å². The highest BCUT2D eigenvalue weighted by Crippen LogP contribution is 2.36. The van der Waals surface area contributed by atoms with Gasteiger partial charge in [0.05, 0.1) is 5.69 Å². The van der Waals surface area contributed by atoms with Crippen molar-refractivity contribution in [2.45, 2.75) is 32.4 Å². The molecule has 0 aliphatic carbocycles. The van der Waals surface area contributed by atoms with E-state index in [0.717, 1.165) is 12.3 Å². The second kappa shape index (κ2) is 5.55. The van der Waals surface area contributed by atoms with Gasteiger partial charge in [-0.05, 0) is 44.4 Å². The SMILES string of the molecule is CCN1c2ccccc2OC1/C=C/N1CCCCC1. The largest absolute Gasteiger partial charge is 0.465 e. The summed E-state index contributed by atoms with van der Waals surface area (Å²) in [5.74, 6) is 0.998. The molecule has 0 N–H and O–H groups in total. The molecule has 1 aromatic carbocycles. The van der Waals surface area contributed by atoms with Crippen molar-refractivity contribution in [2.24, 2.45) is 0 Å². The van der Waals surface area contributed by atoms with Crippen molar-refractivity contribution in [3.8, 4) is 5.75 Å². The number of ether oxygens (including phenoxy) is 1. The van der Waals surface area contributed by atoms with Gasteiger partial charge in [0.1, 0.15) is 5.75 Å². The minimum Gasteiger partial charge on any atom is -0.465 e.